The summed E-state index contributed by atoms with van der Waals surface area (Å²) in [6.07, 6.45) is 2.50. The van der Waals surface area contributed by atoms with Crippen LogP contribution >= 0.6 is 0 Å². The Morgan fingerprint density at radius 1 is 1.39 bits per heavy atom. The van der Waals surface area contributed by atoms with E-state index in [1.807, 2.05) is 20.0 Å². The first kappa shape index (κ1) is 13.3. The summed E-state index contributed by atoms with van der Waals surface area (Å²) in [6.45, 7) is 5.09. The molecule has 0 spiro atoms. The van der Waals surface area contributed by atoms with Crippen LogP contribution in [0.15, 0.2) is 12.1 Å². The molecule has 1 aromatic rings. The van der Waals surface area contributed by atoms with Gasteiger partial charge < -0.3 is 15.0 Å². The number of hydrogen-bond acceptors (Lipinski definition) is 4. The number of aryl methyl sites for hydroxylation is 1. The highest BCUT2D eigenvalue weighted by Crippen LogP contribution is 2.18. The number of pyridine rings is 1. The van der Waals surface area contributed by atoms with Crippen molar-refractivity contribution < 1.29 is 4.74 Å². The molecule has 2 rings (SSSR count). The molecular formula is C14H23N3O. The van der Waals surface area contributed by atoms with Crippen molar-refractivity contribution in [2.24, 2.45) is 0 Å². The molecule has 1 aromatic heterocycles. The van der Waals surface area contributed by atoms with Crippen LogP contribution in [0.1, 0.15) is 24.1 Å². The van der Waals surface area contributed by atoms with E-state index in [4.69, 9.17) is 4.74 Å². The van der Waals surface area contributed by atoms with E-state index in [1.54, 1.807) is 0 Å². The molecule has 0 aromatic carbocycles. The van der Waals surface area contributed by atoms with Crippen LogP contribution in [0.4, 0.5) is 0 Å². The maximum Gasteiger partial charge on any atom is 0.214 e. The highest BCUT2D eigenvalue weighted by Gasteiger charge is 2.18. The molecule has 2 heterocycles. The number of nitrogens with one attached hydrogen (secondary N) is 1. The van der Waals surface area contributed by atoms with Crippen molar-refractivity contribution in [1.29, 1.82) is 0 Å². The lowest BCUT2D eigenvalue weighted by molar-refractivity contribution is 0.110. The van der Waals surface area contributed by atoms with Gasteiger partial charge in [0.05, 0.1) is 0 Å². The normalized spacial score (nSPS) is 17.9. The number of nitrogens with zero attached hydrogens (tertiary/aromatic N) is 2. The van der Waals surface area contributed by atoms with E-state index >= 15 is 0 Å². The summed E-state index contributed by atoms with van der Waals surface area (Å²) in [5, 5.41) is 3.16. The molecular weight excluding hydrogens is 226 g/mol. The summed E-state index contributed by atoms with van der Waals surface area (Å²) in [5.74, 6) is 0.773. The first-order valence-corrected chi connectivity index (χ1v) is 6.65. The molecule has 4 nitrogen and oxygen atoms in total. The van der Waals surface area contributed by atoms with Crippen LogP contribution in [0.5, 0.6) is 5.88 Å². The van der Waals surface area contributed by atoms with Crippen molar-refractivity contribution >= 4 is 0 Å². The minimum Gasteiger partial charge on any atom is -0.474 e. The molecule has 0 radical (unpaired) electrons. The summed E-state index contributed by atoms with van der Waals surface area (Å²) in [7, 11) is 4.11. The van der Waals surface area contributed by atoms with Crippen LogP contribution in [-0.2, 0) is 6.54 Å². The standard InChI is InChI=1S/C14H23N3O/c1-11-8-12(10-15-2)9-14(16-11)18-13-4-6-17(3)7-5-13/h8-9,13,15H,4-7,10H2,1-3H3. The summed E-state index contributed by atoms with van der Waals surface area (Å²) in [6, 6.07) is 4.14. The Hall–Kier alpha value is -1.13. The van der Waals surface area contributed by atoms with Crippen LogP contribution in [0.25, 0.3) is 0 Å². The Morgan fingerprint density at radius 3 is 2.78 bits per heavy atom. The third-order valence-corrected chi connectivity index (χ3v) is 3.32. The van der Waals surface area contributed by atoms with Gasteiger partial charge in [0.2, 0.25) is 5.88 Å². The van der Waals surface area contributed by atoms with E-state index in [1.165, 1.54) is 5.56 Å². The van der Waals surface area contributed by atoms with Gasteiger partial charge >= 0.3 is 0 Å². The largest absolute Gasteiger partial charge is 0.474 e. The van der Waals surface area contributed by atoms with Crippen molar-refractivity contribution in [2.75, 3.05) is 27.2 Å². The first-order chi connectivity index (χ1) is 8.67. The lowest BCUT2D eigenvalue weighted by Gasteiger charge is -2.29. The number of ether oxygens (including phenoxy) is 1. The third kappa shape index (κ3) is 3.68. The van der Waals surface area contributed by atoms with Gasteiger partial charge in [-0.25, -0.2) is 4.98 Å². The molecule has 1 N–H and O–H groups in total. The zero-order valence-electron chi connectivity index (χ0n) is 11.6. The monoisotopic (exact) mass is 249 g/mol. The molecule has 0 unspecified atom stereocenters. The Kier molecular flexibility index (Phi) is 4.55. The summed E-state index contributed by atoms with van der Waals surface area (Å²) >= 11 is 0. The second kappa shape index (κ2) is 6.16. The van der Waals surface area contributed by atoms with Crippen molar-refractivity contribution in [2.45, 2.75) is 32.4 Å². The van der Waals surface area contributed by atoms with Crippen molar-refractivity contribution in [3.05, 3.63) is 23.4 Å². The van der Waals surface area contributed by atoms with E-state index in [2.05, 4.69) is 28.3 Å². The fourth-order valence-electron chi connectivity index (χ4n) is 2.35. The second-order valence-electron chi connectivity index (χ2n) is 5.11. The molecule has 1 aliphatic heterocycles. The first-order valence-electron chi connectivity index (χ1n) is 6.65. The summed E-state index contributed by atoms with van der Waals surface area (Å²) < 4.78 is 6.01. The smallest absolute Gasteiger partial charge is 0.214 e. The number of likely N-dealkylation sites (tertiary alicyclic amines) is 1. The van der Waals surface area contributed by atoms with E-state index in [0.717, 1.165) is 44.0 Å². The molecule has 4 heteroatoms. The molecule has 0 aliphatic carbocycles. The molecule has 1 aliphatic rings. The zero-order valence-corrected chi connectivity index (χ0v) is 11.6. The van der Waals surface area contributed by atoms with E-state index in [0.29, 0.717) is 6.10 Å². The van der Waals surface area contributed by atoms with E-state index < -0.39 is 0 Å². The average molecular weight is 249 g/mol. The lowest BCUT2D eigenvalue weighted by atomic mass is 10.1. The Labute approximate surface area is 109 Å². The second-order valence-corrected chi connectivity index (χ2v) is 5.11. The van der Waals surface area contributed by atoms with Gasteiger partial charge in [-0.05, 0) is 45.5 Å². The fraction of sp³-hybridized carbons (Fsp3) is 0.643. The minimum absolute atomic E-state index is 0.318. The van der Waals surface area contributed by atoms with Gasteiger partial charge in [-0.1, -0.05) is 0 Å². The van der Waals surface area contributed by atoms with E-state index in [9.17, 15) is 0 Å². The highest BCUT2D eigenvalue weighted by molar-refractivity contribution is 5.24. The zero-order chi connectivity index (χ0) is 13.0. The Morgan fingerprint density at radius 2 is 2.11 bits per heavy atom. The van der Waals surface area contributed by atoms with Gasteiger partial charge in [0.25, 0.3) is 0 Å². The van der Waals surface area contributed by atoms with Gasteiger partial charge in [0.15, 0.2) is 0 Å². The summed E-state index contributed by atoms with van der Waals surface area (Å²) in [4.78, 5) is 6.81. The van der Waals surface area contributed by atoms with Crippen molar-refractivity contribution in [3.63, 3.8) is 0 Å². The number of aromatic nitrogens is 1. The average Bonchev–Trinajstić information content (AvgIpc) is 2.32. The fourth-order valence-corrected chi connectivity index (χ4v) is 2.35. The quantitative estimate of drug-likeness (QED) is 0.879. The van der Waals surface area contributed by atoms with Crippen LogP contribution in [-0.4, -0.2) is 43.2 Å². The number of rotatable bonds is 4. The molecule has 0 atom stereocenters. The van der Waals surface area contributed by atoms with Gasteiger partial charge in [0.1, 0.15) is 6.10 Å². The van der Waals surface area contributed by atoms with Gasteiger partial charge in [0, 0.05) is 31.4 Å². The molecule has 1 fully saturated rings. The maximum atomic E-state index is 6.01. The van der Waals surface area contributed by atoms with Gasteiger partial charge in [-0.2, -0.15) is 0 Å². The predicted molar refractivity (Wildman–Crippen MR) is 72.9 cm³/mol. The Bertz CT molecular complexity index is 387. The molecule has 0 bridgehead atoms. The molecule has 18 heavy (non-hydrogen) atoms. The van der Waals surface area contributed by atoms with Crippen LogP contribution in [0.3, 0.4) is 0 Å². The number of hydrogen-bond donors (Lipinski definition) is 1. The third-order valence-electron chi connectivity index (χ3n) is 3.32. The van der Waals surface area contributed by atoms with Crippen LogP contribution < -0.4 is 10.1 Å². The predicted octanol–water partition coefficient (Wildman–Crippen LogP) is 1.58. The molecule has 0 saturated carbocycles. The highest BCUT2D eigenvalue weighted by atomic mass is 16.5. The topological polar surface area (TPSA) is 37.4 Å². The minimum atomic E-state index is 0.318. The molecule has 1 saturated heterocycles. The SMILES string of the molecule is CNCc1cc(C)nc(OC2CCN(C)CC2)c1. The number of piperidine rings is 1. The Balaban J connectivity index is 2.00. The van der Waals surface area contributed by atoms with Crippen LogP contribution in [0, 0.1) is 6.92 Å². The molecule has 100 valence electrons. The van der Waals surface area contributed by atoms with Crippen LogP contribution in [0.2, 0.25) is 0 Å². The van der Waals surface area contributed by atoms with Gasteiger partial charge in [-0.15, -0.1) is 0 Å². The molecule has 0 amide bonds. The lowest BCUT2D eigenvalue weighted by Crippen LogP contribution is -2.35. The summed E-state index contributed by atoms with van der Waals surface area (Å²) in [5.41, 5.74) is 2.25. The van der Waals surface area contributed by atoms with Gasteiger partial charge in [-0.3, -0.25) is 0 Å². The van der Waals surface area contributed by atoms with Crippen molar-refractivity contribution in [3.8, 4) is 5.88 Å². The van der Waals surface area contributed by atoms with Crippen molar-refractivity contribution in [1.82, 2.24) is 15.2 Å². The maximum absolute atomic E-state index is 6.01. The van der Waals surface area contributed by atoms with E-state index in [-0.39, 0.29) is 0 Å².